The van der Waals surface area contributed by atoms with Gasteiger partial charge in [0, 0.05) is 6.54 Å². The molecule has 0 bridgehead atoms. The Kier molecular flexibility index (Phi) is 2.77. The van der Waals surface area contributed by atoms with Gasteiger partial charge in [0.2, 0.25) is 0 Å². The van der Waals surface area contributed by atoms with Crippen molar-refractivity contribution in [1.29, 1.82) is 0 Å². The van der Waals surface area contributed by atoms with E-state index in [2.05, 4.69) is 24.2 Å². The van der Waals surface area contributed by atoms with Gasteiger partial charge < -0.3 is 0 Å². The molecular formula is C10H16ClN3. The Bertz CT molecular complexity index is 315. The highest BCUT2D eigenvalue weighted by molar-refractivity contribution is 6.16. The van der Waals surface area contributed by atoms with Crippen LogP contribution >= 0.6 is 11.6 Å². The van der Waals surface area contributed by atoms with Crippen LogP contribution in [0.5, 0.6) is 0 Å². The fourth-order valence-corrected chi connectivity index (χ4v) is 1.95. The Hall–Kier alpha value is -0.570. The molecule has 0 amide bonds. The standard InChI is InChI=1S/C10H16ClN3/c1-7(2)10-9(5-11)12-13-14(10)6-8-3-4-8/h7-8H,3-6H2,1-2H3. The quantitative estimate of drug-likeness (QED) is 0.720. The van der Waals surface area contributed by atoms with Crippen LogP contribution in [0.4, 0.5) is 0 Å². The van der Waals surface area contributed by atoms with E-state index in [-0.39, 0.29) is 0 Å². The van der Waals surface area contributed by atoms with E-state index in [0.717, 1.165) is 18.2 Å². The van der Waals surface area contributed by atoms with E-state index in [1.807, 2.05) is 4.68 Å². The summed E-state index contributed by atoms with van der Waals surface area (Å²) in [5, 5.41) is 8.29. The molecule has 4 heteroatoms. The lowest BCUT2D eigenvalue weighted by molar-refractivity contribution is 0.513. The van der Waals surface area contributed by atoms with Gasteiger partial charge in [-0.15, -0.1) is 16.7 Å². The third-order valence-corrected chi connectivity index (χ3v) is 2.90. The average Bonchev–Trinajstić information content (AvgIpc) is 2.83. The summed E-state index contributed by atoms with van der Waals surface area (Å²) in [6.07, 6.45) is 2.68. The zero-order valence-electron chi connectivity index (χ0n) is 8.70. The summed E-state index contributed by atoms with van der Waals surface area (Å²) in [6.45, 7) is 5.35. The Morgan fingerprint density at radius 1 is 1.50 bits per heavy atom. The molecular weight excluding hydrogens is 198 g/mol. The fraction of sp³-hybridized carbons (Fsp3) is 0.800. The number of halogens is 1. The average molecular weight is 214 g/mol. The molecule has 1 aromatic rings. The molecule has 1 aromatic heterocycles. The first kappa shape index (κ1) is 9.97. The first-order valence-electron chi connectivity index (χ1n) is 5.20. The molecule has 0 N–H and O–H groups in total. The summed E-state index contributed by atoms with van der Waals surface area (Å²) in [5.41, 5.74) is 2.16. The van der Waals surface area contributed by atoms with Crippen LogP contribution in [0.2, 0.25) is 0 Å². The van der Waals surface area contributed by atoms with Crippen LogP contribution in [-0.2, 0) is 12.4 Å². The maximum atomic E-state index is 5.83. The van der Waals surface area contributed by atoms with Crippen molar-refractivity contribution in [3.8, 4) is 0 Å². The van der Waals surface area contributed by atoms with E-state index in [0.29, 0.717) is 11.8 Å². The number of hydrogen-bond donors (Lipinski definition) is 0. The van der Waals surface area contributed by atoms with Crippen molar-refractivity contribution < 1.29 is 0 Å². The minimum absolute atomic E-state index is 0.456. The molecule has 1 aliphatic rings. The van der Waals surface area contributed by atoms with Crippen molar-refractivity contribution in [2.24, 2.45) is 5.92 Å². The van der Waals surface area contributed by atoms with Crippen molar-refractivity contribution in [3.63, 3.8) is 0 Å². The van der Waals surface area contributed by atoms with E-state index in [1.165, 1.54) is 18.5 Å². The lowest BCUT2D eigenvalue weighted by Gasteiger charge is -2.09. The fourth-order valence-electron chi connectivity index (χ4n) is 1.76. The highest BCUT2D eigenvalue weighted by atomic mass is 35.5. The number of aromatic nitrogens is 3. The largest absolute Gasteiger partial charge is 0.249 e. The number of nitrogens with zero attached hydrogens (tertiary/aromatic N) is 3. The first-order valence-corrected chi connectivity index (χ1v) is 5.74. The Labute approximate surface area is 89.4 Å². The normalized spacial score (nSPS) is 16.6. The summed E-state index contributed by atoms with van der Waals surface area (Å²) >= 11 is 5.83. The lowest BCUT2D eigenvalue weighted by atomic mass is 10.1. The Balaban J connectivity index is 2.23. The summed E-state index contributed by atoms with van der Waals surface area (Å²) in [7, 11) is 0. The van der Waals surface area contributed by atoms with Gasteiger partial charge in [-0.25, -0.2) is 4.68 Å². The van der Waals surface area contributed by atoms with Gasteiger partial charge in [0.15, 0.2) is 0 Å². The zero-order chi connectivity index (χ0) is 10.1. The molecule has 1 saturated carbocycles. The molecule has 1 heterocycles. The van der Waals surface area contributed by atoms with Crippen molar-refractivity contribution in [1.82, 2.24) is 15.0 Å². The predicted octanol–water partition coefficient (Wildman–Crippen LogP) is 2.55. The minimum atomic E-state index is 0.456. The maximum Gasteiger partial charge on any atom is 0.101 e. The third kappa shape index (κ3) is 1.92. The molecule has 0 unspecified atom stereocenters. The number of alkyl halides is 1. The van der Waals surface area contributed by atoms with Crippen LogP contribution in [0.3, 0.4) is 0 Å². The molecule has 1 fully saturated rings. The van der Waals surface area contributed by atoms with Crippen LogP contribution in [0.15, 0.2) is 0 Å². The number of rotatable bonds is 4. The van der Waals surface area contributed by atoms with Gasteiger partial charge in [0.1, 0.15) is 5.69 Å². The molecule has 2 rings (SSSR count). The second-order valence-corrected chi connectivity index (χ2v) is 4.60. The van der Waals surface area contributed by atoms with Gasteiger partial charge in [0.25, 0.3) is 0 Å². The van der Waals surface area contributed by atoms with Crippen molar-refractivity contribution in [2.75, 3.05) is 0 Å². The minimum Gasteiger partial charge on any atom is -0.249 e. The van der Waals surface area contributed by atoms with E-state index < -0.39 is 0 Å². The van der Waals surface area contributed by atoms with Gasteiger partial charge in [-0.3, -0.25) is 0 Å². The Morgan fingerprint density at radius 3 is 2.71 bits per heavy atom. The highest BCUT2D eigenvalue weighted by Crippen LogP contribution is 2.31. The molecule has 0 saturated heterocycles. The highest BCUT2D eigenvalue weighted by Gasteiger charge is 2.25. The molecule has 0 spiro atoms. The molecule has 0 aliphatic heterocycles. The maximum absolute atomic E-state index is 5.83. The Morgan fingerprint density at radius 2 is 2.21 bits per heavy atom. The van der Waals surface area contributed by atoms with Gasteiger partial charge in [-0.1, -0.05) is 19.1 Å². The first-order chi connectivity index (χ1) is 6.72. The summed E-state index contributed by atoms with van der Waals surface area (Å²) in [6, 6.07) is 0. The van der Waals surface area contributed by atoms with Crippen LogP contribution in [-0.4, -0.2) is 15.0 Å². The summed E-state index contributed by atoms with van der Waals surface area (Å²) < 4.78 is 2.04. The lowest BCUT2D eigenvalue weighted by Crippen LogP contribution is -2.08. The van der Waals surface area contributed by atoms with Crippen molar-refractivity contribution in [3.05, 3.63) is 11.4 Å². The second kappa shape index (κ2) is 3.89. The van der Waals surface area contributed by atoms with E-state index in [4.69, 9.17) is 11.6 Å². The van der Waals surface area contributed by atoms with E-state index >= 15 is 0 Å². The topological polar surface area (TPSA) is 30.7 Å². The SMILES string of the molecule is CC(C)c1c(CCl)nnn1CC1CC1. The van der Waals surface area contributed by atoms with Gasteiger partial charge >= 0.3 is 0 Å². The third-order valence-electron chi connectivity index (χ3n) is 2.65. The monoisotopic (exact) mass is 213 g/mol. The summed E-state index contributed by atoms with van der Waals surface area (Å²) in [5.74, 6) is 1.76. The molecule has 14 heavy (non-hydrogen) atoms. The molecule has 0 aromatic carbocycles. The zero-order valence-corrected chi connectivity index (χ0v) is 9.46. The molecule has 3 nitrogen and oxygen atoms in total. The van der Waals surface area contributed by atoms with Gasteiger partial charge in [-0.05, 0) is 24.7 Å². The second-order valence-electron chi connectivity index (χ2n) is 4.34. The predicted molar refractivity (Wildman–Crippen MR) is 56.4 cm³/mol. The smallest absolute Gasteiger partial charge is 0.101 e. The van der Waals surface area contributed by atoms with Crippen LogP contribution in [0.1, 0.15) is 44.0 Å². The molecule has 0 atom stereocenters. The number of hydrogen-bond acceptors (Lipinski definition) is 2. The van der Waals surface area contributed by atoms with Crippen LogP contribution in [0, 0.1) is 5.92 Å². The van der Waals surface area contributed by atoms with Crippen molar-refractivity contribution in [2.45, 2.75) is 45.0 Å². The van der Waals surface area contributed by atoms with Crippen LogP contribution in [0.25, 0.3) is 0 Å². The van der Waals surface area contributed by atoms with E-state index in [9.17, 15) is 0 Å². The molecule has 1 aliphatic carbocycles. The van der Waals surface area contributed by atoms with E-state index in [1.54, 1.807) is 0 Å². The van der Waals surface area contributed by atoms with Crippen molar-refractivity contribution >= 4 is 11.6 Å². The van der Waals surface area contributed by atoms with Gasteiger partial charge in [0.05, 0.1) is 11.6 Å². The van der Waals surface area contributed by atoms with Gasteiger partial charge in [-0.2, -0.15) is 0 Å². The summed E-state index contributed by atoms with van der Waals surface area (Å²) in [4.78, 5) is 0. The molecule has 78 valence electrons. The molecule has 0 radical (unpaired) electrons. The van der Waals surface area contributed by atoms with Crippen LogP contribution < -0.4 is 0 Å².